The molecule has 1 aromatic rings. The lowest BCUT2D eigenvalue weighted by atomic mass is 9.74. The van der Waals surface area contributed by atoms with Gasteiger partial charge in [0.2, 0.25) is 5.91 Å². The van der Waals surface area contributed by atoms with Crippen molar-refractivity contribution in [3.8, 4) is 0 Å². The first kappa shape index (κ1) is 13.2. The first-order valence-electron chi connectivity index (χ1n) is 6.44. The lowest BCUT2D eigenvalue weighted by molar-refractivity contribution is -0.129. The number of aliphatic hydroxyl groups excluding tert-OH is 1. The molecule has 1 aromatic carbocycles. The second-order valence-electron chi connectivity index (χ2n) is 5.45. The maximum Gasteiger partial charge on any atom is 0.227 e. The Balaban J connectivity index is 1.64. The molecule has 19 heavy (non-hydrogen) atoms. The zero-order chi connectivity index (χ0) is 13.6. The average Bonchev–Trinajstić information content (AvgIpc) is 2.71. The molecule has 2 aliphatic rings. The Morgan fingerprint density at radius 1 is 1.32 bits per heavy atom. The number of hydrogen-bond acceptors (Lipinski definition) is 2. The van der Waals surface area contributed by atoms with Gasteiger partial charge in [0.1, 0.15) is 0 Å². The fraction of sp³-hybridized carbons (Fsp3) is 0.500. The molecule has 1 amide bonds. The van der Waals surface area contributed by atoms with Gasteiger partial charge in [-0.15, -0.1) is 0 Å². The highest BCUT2D eigenvalue weighted by Gasteiger charge is 2.47. The zero-order valence-electron chi connectivity index (χ0n) is 10.4. The van der Waals surface area contributed by atoms with Gasteiger partial charge in [0.15, 0.2) is 0 Å². The van der Waals surface area contributed by atoms with Crippen LogP contribution in [0.15, 0.2) is 18.2 Å². The molecule has 5 heteroatoms. The number of nitrogens with zero attached hydrogens (tertiary/aromatic N) is 1. The molecule has 1 saturated heterocycles. The maximum absolute atomic E-state index is 12.2. The predicted molar refractivity (Wildman–Crippen MR) is 74.3 cm³/mol. The van der Waals surface area contributed by atoms with Crippen LogP contribution in [0, 0.1) is 11.8 Å². The third-order valence-electron chi connectivity index (χ3n) is 4.22. The molecule has 0 radical (unpaired) electrons. The fourth-order valence-electron chi connectivity index (χ4n) is 3.01. The van der Waals surface area contributed by atoms with E-state index < -0.39 is 0 Å². The van der Waals surface area contributed by atoms with E-state index in [4.69, 9.17) is 23.2 Å². The average molecular weight is 300 g/mol. The number of aliphatic hydroxyl groups is 1. The minimum atomic E-state index is -0.215. The second kappa shape index (κ2) is 4.97. The van der Waals surface area contributed by atoms with E-state index in [-0.39, 0.29) is 17.9 Å². The molecular formula is C14H15Cl2NO2. The monoisotopic (exact) mass is 299 g/mol. The van der Waals surface area contributed by atoms with Crippen LogP contribution in [-0.4, -0.2) is 35.1 Å². The van der Waals surface area contributed by atoms with Crippen molar-refractivity contribution in [3.63, 3.8) is 0 Å². The van der Waals surface area contributed by atoms with E-state index in [2.05, 4.69) is 0 Å². The summed E-state index contributed by atoms with van der Waals surface area (Å²) in [4.78, 5) is 14.1. The van der Waals surface area contributed by atoms with Crippen molar-refractivity contribution in [2.75, 3.05) is 13.1 Å². The molecule has 3 nitrogen and oxygen atoms in total. The SMILES string of the molecule is O=C(Cc1ccc(Cl)c(Cl)c1)N1C[C@H]2C[C@H](O)[C@H]2C1. The van der Waals surface area contributed by atoms with Crippen LogP contribution in [0.25, 0.3) is 0 Å². The molecule has 3 rings (SSSR count). The Kier molecular flexibility index (Phi) is 3.46. The standard InChI is InChI=1S/C14H15Cl2NO2/c15-11-2-1-8(3-12(11)16)4-14(19)17-6-9-5-13(18)10(9)7-17/h1-3,9-10,13,18H,4-7H2/t9-,10+,13+/m1/s1. The first-order chi connectivity index (χ1) is 9.04. The number of amides is 1. The molecule has 102 valence electrons. The van der Waals surface area contributed by atoms with Crippen LogP contribution in [0.5, 0.6) is 0 Å². The van der Waals surface area contributed by atoms with Crippen molar-refractivity contribution in [2.45, 2.75) is 18.9 Å². The van der Waals surface area contributed by atoms with Crippen molar-refractivity contribution in [1.82, 2.24) is 4.90 Å². The number of benzene rings is 1. The highest BCUT2D eigenvalue weighted by atomic mass is 35.5. The van der Waals surface area contributed by atoms with Gasteiger partial charge in [0, 0.05) is 19.0 Å². The quantitative estimate of drug-likeness (QED) is 0.911. The Labute approximate surface area is 122 Å². The van der Waals surface area contributed by atoms with Crippen LogP contribution in [-0.2, 0) is 11.2 Å². The molecule has 1 N–H and O–H groups in total. The minimum Gasteiger partial charge on any atom is -0.393 e. The summed E-state index contributed by atoms with van der Waals surface area (Å²) in [5.41, 5.74) is 0.874. The number of carbonyl (C=O) groups excluding carboxylic acids is 1. The van der Waals surface area contributed by atoms with Gasteiger partial charge in [-0.25, -0.2) is 0 Å². The van der Waals surface area contributed by atoms with Gasteiger partial charge in [-0.05, 0) is 30.0 Å². The third kappa shape index (κ3) is 2.47. The summed E-state index contributed by atoms with van der Waals surface area (Å²) in [6, 6.07) is 5.27. The summed E-state index contributed by atoms with van der Waals surface area (Å²) in [7, 11) is 0. The van der Waals surface area contributed by atoms with Gasteiger partial charge in [0.05, 0.1) is 22.6 Å². The van der Waals surface area contributed by atoms with Crippen molar-refractivity contribution in [3.05, 3.63) is 33.8 Å². The molecule has 1 aliphatic carbocycles. The normalized spacial score (nSPS) is 29.0. The van der Waals surface area contributed by atoms with Crippen molar-refractivity contribution < 1.29 is 9.90 Å². The van der Waals surface area contributed by atoms with Gasteiger partial charge >= 0.3 is 0 Å². The Bertz CT molecular complexity index is 520. The van der Waals surface area contributed by atoms with Crippen LogP contribution in [0.2, 0.25) is 10.0 Å². The topological polar surface area (TPSA) is 40.5 Å². The van der Waals surface area contributed by atoms with E-state index in [9.17, 15) is 9.90 Å². The van der Waals surface area contributed by atoms with Gasteiger partial charge in [-0.1, -0.05) is 29.3 Å². The number of carbonyl (C=O) groups is 1. The number of rotatable bonds is 2. The van der Waals surface area contributed by atoms with E-state index >= 15 is 0 Å². The summed E-state index contributed by atoms with van der Waals surface area (Å²) in [5, 5.41) is 10.6. The fourth-order valence-corrected chi connectivity index (χ4v) is 3.33. The minimum absolute atomic E-state index is 0.0972. The largest absolute Gasteiger partial charge is 0.393 e. The van der Waals surface area contributed by atoms with Gasteiger partial charge in [0.25, 0.3) is 0 Å². The van der Waals surface area contributed by atoms with Crippen LogP contribution < -0.4 is 0 Å². The highest BCUT2D eigenvalue weighted by molar-refractivity contribution is 6.42. The summed E-state index contributed by atoms with van der Waals surface area (Å²) < 4.78 is 0. The summed E-state index contributed by atoms with van der Waals surface area (Å²) in [6.45, 7) is 1.47. The molecule has 0 aromatic heterocycles. The van der Waals surface area contributed by atoms with E-state index in [1.807, 2.05) is 11.0 Å². The number of hydrogen-bond donors (Lipinski definition) is 1. The van der Waals surface area contributed by atoms with E-state index in [0.717, 1.165) is 18.5 Å². The van der Waals surface area contributed by atoms with E-state index in [1.54, 1.807) is 12.1 Å². The second-order valence-corrected chi connectivity index (χ2v) is 6.27. The number of likely N-dealkylation sites (tertiary alicyclic amines) is 1. The Morgan fingerprint density at radius 2 is 2.11 bits per heavy atom. The lowest BCUT2D eigenvalue weighted by Crippen LogP contribution is -2.39. The molecular weight excluding hydrogens is 285 g/mol. The molecule has 1 saturated carbocycles. The van der Waals surface area contributed by atoms with Gasteiger partial charge in [-0.2, -0.15) is 0 Å². The van der Waals surface area contributed by atoms with Crippen molar-refractivity contribution >= 4 is 29.1 Å². The summed E-state index contributed by atoms with van der Waals surface area (Å²) >= 11 is 11.8. The van der Waals surface area contributed by atoms with Crippen molar-refractivity contribution in [1.29, 1.82) is 0 Å². The molecule has 0 unspecified atom stereocenters. The van der Waals surface area contributed by atoms with Gasteiger partial charge < -0.3 is 10.0 Å². The highest BCUT2D eigenvalue weighted by Crippen LogP contribution is 2.40. The predicted octanol–water partition coefficient (Wildman–Crippen LogP) is 2.38. The number of fused-ring (bicyclic) bond motifs is 1. The van der Waals surface area contributed by atoms with E-state index in [1.165, 1.54) is 0 Å². The molecule has 0 spiro atoms. The molecule has 1 aliphatic heterocycles. The number of halogens is 2. The van der Waals surface area contributed by atoms with Crippen LogP contribution in [0.4, 0.5) is 0 Å². The lowest BCUT2D eigenvalue weighted by Gasteiger charge is -2.34. The third-order valence-corrected chi connectivity index (χ3v) is 4.96. The summed E-state index contributed by atoms with van der Waals surface area (Å²) in [5.74, 6) is 0.880. The van der Waals surface area contributed by atoms with Gasteiger partial charge in [-0.3, -0.25) is 4.79 Å². The molecule has 3 atom stereocenters. The smallest absolute Gasteiger partial charge is 0.227 e. The Morgan fingerprint density at radius 3 is 2.74 bits per heavy atom. The molecule has 0 bridgehead atoms. The first-order valence-corrected chi connectivity index (χ1v) is 7.20. The maximum atomic E-state index is 12.2. The van der Waals surface area contributed by atoms with E-state index in [0.29, 0.717) is 28.9 Å². The zero-order valence-corrected chi connectivity index (χ0v) is 11.9. The Hall–Kier alpha value is -0.770. The van der Waals surface area contributed by atoms with Crippen molar-refractivity contribution in [2.24, 2.45) is 11.8 Å². The summed E-state index contributed by atoms with van der Waals surface area (Å²) in [6.07, 6.45) is 0.959. The van der Waals surface area contributed by atoms with Crippen LogP contribution >= 0.6 is 23.2 Å². The van der Waals surface area contributed by atoms with Crippen LogP contribution in [0.1, 0.15) is 12.0 Å². The van der Waals surface area contributed by atoms with Crippen LogP contribution in [0.3, 0.4) is 0 Å². The molecule has 1 heterocycles. The molecule has 2 fully saturated rings.